The van der Waals surface area contributed by atoms with Crippen molar-refractivity contribution in [3.8, 4) is 5.75 Å². The van der Waals surface area contributed by atoms with Crippen molar-refractivity contribution in [3.05, 3.63) is 35.4 Å². The van der Waals surface area contributed by atoms with E-state index in [4.69, 9.17) is 9.47 Å². The topological polar surface area (TPSA) is 97.3 Å². The number of amidine groups is 1. The van der Waals surface area contributed by atoms with Gasteiger partial charge in [-0.1, -0.05) is 0 Å². The highest BCUT2D eigenvalue weighted by molar-refractivity contribution is 8.00. The van der Waals surface area contributed by atoms with Crippen molar-refractivity contribution < 1.29 is 22.7 Å². The van der Waals surface area contributed by atoms with E-state index in [0.717, 1.165) is 0 Å². The zero-order valence-electron chi connectivity index (χ0n) is 17.0. The van der Waals surface area contributed by atoms with Crippen LogP contribution in [0.25, 0.3) is 4.91 Å². The zero-order chi connectivity index (χ0) is 21.0. The van der Waals surface area contributed by atoms with Crippen LogP contribution in [0.3, 0.4) is 0 Å². The molecule has 2 aliphatic rings. The second-order valence-corrected chi connectivity index (χ2v) is 8.66. The minimum atomic E-state index is -3.76. The number of nitrogens with zero attached hydrogens (tertiary/aromatic N) is 2. The lowest BCUT2D eigenvalue weighted by Crippen LogP contribution is -2.43. The number of piperidine rings is 1. The Morgan fingerprint density at radius 1 is 1.21 bits per heavy atom. The molecule has 1 aromatic carbocycles. The Labute approximate surface area is 171 Å². The van der Waals surface area contributed by atoms with Gasteiger partial charge in [0.05, 0.1) is 13.7 Å². The number of hydrogen-bond donors (Lipinski definition) is 1. The average molecular weight is 422 g/mol. The molecule has 1 aromatic rings. The zero-order valence-corrected chi connectivity index (χ0v) is 17.8. The summed E-state index contributed by atoms with van der Waals surface area (Å²) in [6.45, 7) is 3.94. The Hall–Kier alpha value is -2.39. The highest BCUT2D eigenvalue weighted by Gasteiger charge is 2.35. The lowest BCUT2D eigenvalue weighted by atomic mass is 9.95. The predicted octanol–water partition coefficient (Wildman–Crippen LogP) is 1.64. The lowest BCUT2D eigenvalue weighted by molar-refractivity contribution is -0.126. The van der Waals surface area contributed by atoms with Gasteiger partial charge in [-0.15, -0.1) is 4.40 Å². The quantitative estimate of drug-likeness (QED) is 0.702. The Kier molecular flexibility index (Phi) is 6.59. The van der Waals surface area contributed by atoms with E-state index < -0.39 is 10.0 Å². The number of rotatable bonds is 6. The van der Waals surface area contributed by atoms with E-state index in [-0.39, 0.29) is 16.7 Å². The summed E-state index contributed by atoms with van der Waals surface area (Å²) in [7, 11) is -0.602. The van der Waals surface area contributed by atoms with Gasteiger partial charge in [0.25, 0.3) is 10.0 Å². The maximum absolute atomic E-state index is 12.7. The van der Waals surface area contributed by atoms with Crippen molar-refractivity contribution in [1.29, 1.82) is 0 Å². The molecule has 0 aliphatic carbocycles. The summed E-state index contributed by atoms with van der Waals surface area (Å²) in [5.41, 5.74) is 1.23. The summed E-state index contributed by atoms with van der Waals surface area (Å²) in [6.07, 6.45) is 1.31. The van der Waals surface area contributed by atoms with Crippen LogP contribution in [0.5, 0.6) is 5.75 Å². The van der Waals surface area contributed by atoms with Crippen molar-refractivity contribution >= 4 is 26.7 Å². The third-order valence-electron chi connectivity index (χ3n) is 5.26. The summed E-state index contributed by atoms with van der Waals surface area (Å²) in [5.74, 6) is 1.09. The Morgan fingerprint density at radius 2 is 1.86 bits per heavy atom. The minimum absolute atomic E-state index is 0.0221. The van der Waals surface area contributed by atoms with Gasteiger partial charge in [0.1, 0.15) is 16.5 Å². The molecule has 0 spiro atoms. The first-order valence-electron chi connectivity index (χ1n) is 9.59. The third kappa shape index (κ3) is 4.62. The maximum atomic E-state index is 12.7. The van der Waals surface area contributed by atoms with Gasteiger partial charge in [-0.25, -0.2) is 0 Å². The molecule has 1 amide bonds. The lowest BCUT2D eigenvalue weighted by Gasteiger charge is -2.32. The van der Waals surface area contributed by atoms with Crippen LogP contribution < -0.4 is 10.1 Å². The van der Waals surface area contributed by atoms with Gasteiger partial charge in [0.15, 0.2) is 0 Å². The fourth-order valence-electron chi connectivity index (χ4n) is 3.70. The van der Waals surface area contributed by atoms with Gasteiger partial charge in [0, 0.05) is 38.2 Å². The molecule has 0 aromatic heterocycles. The normalized spacial score (nSPS) is 19.3. The molecule has 1 saturated heterocycles. The molecule has 8 nitrogen and oxygen atoms in total. The van der Waals surface area contributed by atoms with E-state index in [0.29, 0.717) is 61.8 Å². The molecule has 0 atom stereocenters. The summed E-state index contributed by atoms with van der Waals surface area (Å²) >= 11 is 0. The van der Waals surface area contributed by atoms with Gasteiger partial charge in [0.2, 0.25) is 5.91 Å². The summed E-state index contributed by atoms with van der Waals surface area (Å²) in [5, 5.41) is 2.87. The van der Waals surface area contributed by atoms with Crippen molar-refractivity contribution in [2.45, 2.75) is 19.8 Å². The van der Waals surface area contributed by atoms with Crippen LogP contribution in [0, 0.1) is 5.92 Å². The molecular formula is C20H27N3O5S. The Morgan fingerprint density at radius 3 is 2.45 bits per heavy atom. The molecule has 0 saturated carbocycles. The van der Waals surface area contributed by atoms with Crippen molar-refractivity contribution in [3.63, 3.8) is 0 Å². The Bertz CT molecular complexity index is 914. The largest absolute Gasteiger partial charge is 0.497 e. The molecule has 0 bridgehead atoms. The van der Waals surface area contributed by atoms with Gasteiger partial charge >= 0.3 is 0 Å². The van der Waals surface area contributed by atoms with Crippen molar-refractivity contribution in [2.24, 2.45) is 10.3 Å². The molecular weight excluding hydrogens is 394 g/mol. The van der Waals surface area contributed by atoms with Gasteiger partial charge in [-0.3, -0.25) is 4.79 Å². The SMILES string of the molecule is COCCNC(=O)C1CCN(C2=NS(=O)(=O)C(c3ccc(OC)cc3)=C2C)CC1. The van der Waals surface area contributed by atoms with E-state index in [1.165, 1.54) is 0 Å². The maximum Gasteiger partial charge on any atom is 0.285 e. The number of likely N-dealkylation sites (tertiary alicyclic amines) is 1. The molecule has 1 fully saturated rings. The third-order valence-corrected chi connectivity index (χ3v) is 6.73. The fraction of sp³-hybridized carbons (Fsp3) is 0.500. The number of hydrogen-bond acceptors (Lipinski definition) is 6. The van der Waals surface area contributed by atoms with Crippen LogP contribution in [-0.2, 0) is 19.6 Å². The first-order valence-corrected chi connectivity index (χ1v) is 11.0. The number of sulfonamides is 1. The minimum Gasteiger partial charge on any atom is -0.497 e. The first-order chi connectivity index (χ1) is 13.9. The molecule has 2 heterocycles. The van der Waals surface area contributed by atoms with Crippen molar-refractivity contribution in [1.82, 2.24) is 10.2 Å². The predicted molar refractivity (Wildman–Crippen MR) is 111 cm³/mol. The van der Waals surface area contributed by atoms with Crippen LogP contribution in [0.2, 0.25) is 0 Å². The van der Waals surface area contributed by atoms with Gasteiger partial charge in [-0.05, 0) is 49.6 Å². The highest BCUT2D eigenvalue weighted by atomic mass is 32.2. The van der Waals surface area contributed by atoms with E-state index in [2.05, 4.69) is 9.71 Å². The molecule has 9 heteroatoms. The second kappa shape index (κ2) is 8.96. The monoisotopic (exact) mass is 421 g/mol. The van der Waals surface area contributed by atoms with Crippen LogP contribution in [-0.4, -0.2) is 65.5 Å². The molecule has 29 heavy (non-hydrogen) atoms. The number of benzene rings is 1. The summed E-state index contributed by atoms with van der Waals surface area (Å²) in [6, 6.07) is 6.92. The molecule has 0 unspecified atom stereocenters. The van der Waals surface area contributed by atoms with Crippen LogP contribution in [0.4, 0.5) is 0 Å². The van der Waals surface area contributed by atoms with Crippen LogP contribution in [0.1, 0.15) is 25.3 Å². The van der Waals surface area contributed by atoms with Crippen molar-refractivity contribution in [2.75, 3.05) is 40.5 Å². The van der Waals surface area contributed by atoms with Crippen LogP contribution >= 0.6 is 0 Å². The second-order valence-electron chi connectivity index (χ2n) is 7.12. The van der Waals surface area contributed by atoms with Crippen LogP contribution in [0.15, 0.2) is 34.2 Å². The van der Waals surface area contributed by atoms with Gasteiger partial charge < -0.3 is 19.7 Å². The molecule has 158 valence electrons. The van der Waals surface area contributed by atoms with Gasteiger partial charge in [-0.2, -0.15) is 8.42 Å². The van der Waals surface area contributed by atoms with E-state index in [1.54, 1.807) is 45.4 Å². The fourth-order valence-corrected chi connectivity index (χ4v) is 5.18. The number of carbonyl (C=O) groups is 1. The average Bonchev–Trinajstić information content (AvgIpc) is 2.97. The number of nitrogens with one attached hydrogen (secondary N) is 1. The first kappa shape index (κ1) is 21.3. The highest BCUT2D eigenvalue weighted by Crippen LogP contribution is 2.35. The molecule has 1 N–H and O–H groups in total. The van der Waals surface area contributed by atoms with E-state index in [1.807, 2.05) is 4.90 Å². The summed E-state index contributed by atoms with van der Waals surface area (Å²) in [4.78, 5) is 14.4. The number of ether oxygens (including phenoxy) is 2. The van der Waals surface area contributed by atoms with E-state index >= 15 is 0 Å². The van der Waals surface area contributed by atoms with E-state index in [9.17, 15) is 13.2 Å². The number of carbonyl (C=O) groups excluding carboxylic acids is 1. The standard InChI is InChI=1S/C20H27N3O5S/c1-14-18(15-4-6-17(28-3)7-5-15)29(25,26)22-19(14)23-11-8-16(9-12-23)20(24)21-10-13-27-2/h4-7,16H,8-13H2,1-3H3,(H,21,24). The smallest absolute Gasteiger partial charge is 0.285 e. The molecule has 2 aliphatic heterocycles. The summed E-state index contributed by atoms with van der Waals surface area (Å²) < 4.78 is 39.6. The number of methoxy groups -OCH3 is 2. The molecule has 3 rings (SSSR count). The Balaban J connectivity index is 1.71. The number of amides is 1. The molecule has 0 radical (unpaired) electrons.